The van der Waals surface area contributed by atoms with Gasteiger partial charge in [-0.05, 0) is 39.5 Å². The van der Waals surface area contributed by atoms with Crippen LogP contribution in [0.5, 0.6) is 0 Å². The van der Waals surface area contributed by atoms with Crippen LogP contribution in [-0.4, -0.2) is 34.0 Å². The topological polar surface area (TPSA) is 69.7 Å². The van der Waals surface area contributed by atoms with Crippen LogP contribution >= 0.6 is 0 Å². The molecule has 111 valence electrons. The molecule has 1 radical (unpaired) electrons. The fraction of sp³-hybridized carbons (Fsp3) is 0.929. The molecule has 0 aromatic heterocycles. The number of carboxylic acid groups (broad SMARTS) is 1. The first-order valence-corrected chi connectivity index (χ1v) is 7.17. The normalized spacial score (nSPS) is 26.7. The Balaban J connectivity index is 2.65. The molecule has 1 N–H and O–H groups in total. The first kappa shape index (κ1) is 16.4. The summed E-state index contributed by atoms with van der Waals surface area (Å²) in [6, 6.07) is 0. The van der Waals surface area contributed by atoms with Crippen LogP contribution in [0.4, 0.5) is 0 Å². The average Bonchev–Trinajstić information content (AvgIpc) is 2.54. The zero-order valence-electron chi connectivity index (χ0n) is 12.3. The van der Waals surface area contributed by atoms with Crippen LogP contribution in [0.2, 0.25) is 0 Å². The number of carbonyl (C=O) groups is 1. The van der Waals surface area contributed by atoms with Gasteiger partial charge in [0, 0.05) is 6.42 Å². The van der Waals surface area contributed by atoms with E-state index in [9.17, 15) is 10.0 Å². The molecule has 0 saturated carbocycles. The monoisotopic (exact) mass is 272 g/mol. The molecular weight excluding hydrogens is 246 g/mol. The number of carboxylic acids is 1. The Bertz CT molecular complexity index is 306. The summed E-state index contributed by atoms with van der Waals surface area (Å²) >= 11 is 0. The van der Waals surface area contributed by atoms with Gasteiger partial charge < -0.3 is 9.84 Å². The predicted octanol–water partition coefficient (Wildman–Crippen LogP) is 2.97. The van der Waals surface area contributed by atoms with E-state index >= 15 is 0 Å². The highest BCUT2D eigenvalue weighted by Crippen LogP contribution is 2.40. The lowest BCUT2D eigenvalue weighted by molar-refractivity contribution is -0.296. The number of rotatable bonds is 8. The maximum absolute atomic E-state index is 12.5. The summed E-state index contributed by atoms with van der Waals surface area (Å²) in [4.78, 5) is 10.6. The van der Waals surface area contributed by atoms with E-state index < -0.39 is 17.2 Å². The SMILES string of the molecule is CCCCCC1(CCCC(=O)O)OCC(C)(C)N1[O]. The van der Waals surface area contributed by atoms with Gasteiger partial charge in [0.2, 0.25) is 0 Å². The molecular formula is C14H26NO4. The minimum Gasteiger partial charge on any atom is -0.481 e. The van der Waals surface area contributed by atoms with E-state index in [1.165, 1.54) is 0 Å². The standard InChI is InChI=1S/C14H26NO4/c1-4-5-6-9-14(10-7-8-12(16)17)15(18)13(2,3)11-19-14/h4-11H2,1-3H3,(H,16,17). The van der Waals surface area contributed by atoms with E-state index in [-0.39, 0.29) is 6.42 Å². The number of ether oxygens (including phenoxy) is 1. The largest absolute Gasteiger partial charge is 0.481 e. The van der Waals surface area contributed by atoms with Gasteiger partial charge >= 0.3 is 5.97 Å². The van der Waals surface area contributed by atoms with Crippen molar-refractivity contribution in [2.45, 2.75) is 77.0 Å². The minimum absolute atomic E-state index is 0.0904. The Kier molecular flexibility index (Phi) is 5.77. The Morgan fingerprint density at radius 3 is 2.37 bits per heavy atom. The summed E-state index contributed by atoms with van der Waals surface area (Å²) in [6.07, 6.45) is 4.86. The first-order valence-electron chi connectivity index (χ1n) is 7.17. The van der Waals surface area contributed by atoms with E-state index in [2.05, 4.69) is 6.92 Å². The maximum Gasteiger partial charge on any atom is 0.303 e. The van der Waals surface area contributed by atoms with Crippen molar-refractivity contribution in [3.05, 3.63) is 0 Å². The summed E-state index contributed by atoms with van der Waals surface area (Å²) in [5.74, 6) is -0.821. The smallest absolute Gasteiger partial charge is 0.303 e. The van der Waals surface area contributed by atoms with Crippen LogP contribution in [0.3, 0.4) is 0 Å². The molecule has 0 aromatic carbocycles. The van der Waals surface area contributed by atoms with E-state index in [1.54, 1.807) is 0 Å². The average molecular weight is 272 g/mol. The maximum atomic E-state index is 12.5. The van der Waals surface area contributed by atoms with Crippen molar-refractivity contribution in [3.63, 3.8) is 0 Å². The first-order chi connectivity index (χ1) is 8.84. The fourth-order valence-corrected chi connectivity index (χ4v) is 2.62. The van der Waals surface area contributed by atoms with E-state index in [0.29, 0.717) is 25.9 Å². The minimum atomic E-state index is -0.821. The fourth-order valence-electron chi connectivity index (χ4n) is 2.62. The van der Waals surface area contributed by atoms with Crippen molar-refractivity contribution < 1.29 is 19.8 Å². The molecule has 0 aliphatic carbocycles. The van der Waals surface area contributed by atoms with Gasteiger partial charge in [0.1, 0.15) is 5.72 Å². The lowest BCUT2D eigenvalue weighted by Gasteiger charge is -2.35. The van der Waals surface area contributed by atoms with Crippen molar-refractivity contribution >= 4 is 5.97 Å². The summed E-state index contributed by atoms with van der Waals surface area (Å²) in [7, 11) is 0. The van der Waals surface area contributed by atoms with E-state index in [4.69, 9.17) is 9.84 Å². The number of nitrogens with zero attached hydrogens (tertiary/aromatic N) is 1. The summed E-state index contributed by atoms with van der Waals surface area (Å²) in [5, 5.41) is 22.3. The summed E-state index contributed by atoms with van der Waals surface area (Å²) in [6.45, 7) is 6.28. The van der Waals surface area contributed by atoms with Crippen LogP contribution in [0.1, 0.15) is 65.7 Å². The number of hydrogen-bond donors (Lipinski definition) is 1. The van der Waals surface area contributed by atoms with Crippen molar-refractivity contribution in [1.29, 1.82) is 0 Å². The molecule has 1 fully saturated rings. The summed E-state index contributed by atoms with van der Waals surface area (Å²) < 4.78 is 5.82. The predicted molar refractivity (Wildman–Crippen MR) is 70.9 cm³/mol. The lowest BCUT2D eigenvalue weighted by atomic mass is 9.96. The molecule has 1 aliphatic rings. The highest BCUT2D eigenvalue weighted by atomic mass is 16.6. The third-order valence-electron chi connectivity index (χ3n) is 3.74. The van der Waals surface area contributed by atoms with Gasteiger partial charge in [-0.2, -0.15) is 0 Å². The lowest BCUT2D eigenvalue weighted by Crippen LogP contribution is -2.49. The Labute approximate surface area is 115 Å². The van der Waals surface area contributed by atoms with Gasteiger partial charge in [-0.25, -0.2) is 0 Å². The van der Waals surface area contributed by atoms with Crippen LogP contribution in [0.15, 0.2) is 0 Å². The third kappa shape index (κ3) is 4.16. The van der Waals surface area contributed by atoms with Crippen molar-refractivity contribution in [3.8, 4) is 0 Å². The zero-order valence-corrected chi connectivity index (χ0v) is 12.3. The molecule has 1 unspecified atom stereocenters. The molecule has 5 heteroatoms. The number of aliphatic carboxylic acids is 1. The molecule has 0 spiro atoms. The molecule has 19 heavy (non-hydrogen) atoms. The van der Waals surface area contributed by atoms with Crippen LogP contribution < -0.4 is 0 Å². The molecule has 1 rings (SSSR count). The van der Waals surface area contributed by atoms with Crippen LogP contribution in [0, 0.1) is 0 Å². The quantitative estimate of drug-likeness (QED) is 0.690. The number of unbranched alkanes of at least 4 members (excludes halogenated alkanes) is 2. The van der Waals surface area contributed by atoms with Gasteiger partial charge in [0.05, 0.1) is 12.1 Å². The molecule has 1 saturated heterocycles. The molecule has 1 aliphatic heterocycles. The highest BCUT2D eigenvalue weighted by molar-refractivity contribution is 5.66. The second-order valence-electron chi connectivity index (χ2n) is 6.05. The second-order valence-corrected chi connectivity index (χ2v) is 6.05. The van der Waals surface area contributed by atoms with Crippen LogP contribution in [0.25, 0.3) is 0 Å². The second kappa shape index (κ2) is 6.68. The third-order valence-corrected chi connectivity index (χ3v) is 3.74. The van der Waals surface area contributed by atoms with Crippen molar-refractivity contribution in [2.24, 2.45) is 0 Å². The highest BCUT2D eigenvalue weighted by Gasteiger charge is 2.51. The zero-order chi connectivity index (χ0) is 14.5. The van der Waals surface area contributed by atoms with E-state index in [0.717, 1.165) is 24.3 Å². The van der Waals surface area contributed by atoms with Gasteiger partial charge in [-0.1, -0.05) is 19.8 Å². The molecule has 0 bridgehead atoms. The molecule has 1 heterocycles. The van der Waals surface area contributed by atoms with E-state index in [1.807, 2.05) is 13.8 Å². The van der Waals surface area contributed by atoms with Gasteiger partial charge in [0.15, 0.2) is 0 Å². The molecule has 5 nitrogen and oxygen atoms in total. The number of hydroxylamine groups is 2. The van der Waals surface area contributed by atoms with Gasteiger partial charge in [0.25, 0.3) is 0 Å². The Morgan fingerprint density at radius 2 is 1.89 bits per heavy atom. The Morgan fingerprint density at radius 1 is 1.26 bits per heavy atom. The van der Waals surface area contributed by atoms with Gasteiger partial charge in [-0.3, -0.25) is 4.79 Å². The Hall–Kier alpha value is -0.650. The van der Waals surface area contributed by atoms with Gasteiger partial charge in [-0.15, -0.1) is 10.3 Å². The summed E-state index contributed by atoms with van der Waals surface area (Å²) in [5.41, 5.74) is -1.33. The van der Waals surface area contributed by atoms with Crippen LogP contribution in [-0.2, 0) is 14.7 Å². The molecule has 1 atom stereocenters. The molecule has 0 amide bonds. The number of hydrogen-bond acceptors (Lipinski definition) is 3. The van der Waals surface area contributed by atoms with Crippen molar-refractivity contribution in [2.75, 3.05) is 6.61 Å². The van der Waals surface area contributed by atoms with Crippen molar-refractivity contribution in [1.82, 2.24) is 5.06 Å². The molecule has 0 aromatic rings.